The second-order valence-corrected chi connectivity index (χ2v) is 3.98. The van der Waals surface area contributed by atoms with Crippen molar-refractivity contribution in [2.75, 3.05) is 18.6 Å². The molecule has 0 N–H and O–H groups in total. The van der Waals surface area contributed by atoms with Crippen LogP contribution in [0.15, 0.2) is 12.4 Å². The van der Waals surface area contributed by atoms with E-state index >= 15 is 0 Å². The van der Waals surface area contributed by atoms with Crippen LogP contribution in [0.1, 0.15) is 13.3 Å². The highest BCUT2D eigenvalue weighted by Crippen LogP contribution is 2.25. The summed E-state index contributed by atoms with van der Waals surface area (Å²) in [4.78, 5) is 24.7. The molecule has 2 rings (SSSR count). The molecule has 0 spiro atoms. The molecule has 0 saturated carbocycles. The molecule has 1 amide bonds. The molecule has 2 heterocycles. The van der Waals surface area contributed by atoms with Gasteiger partial charge >= 0.3 is 5.97 Å². The van der Waals surface area contributed by atoms with Gasteiger partial charge in [0.2, 0.25) is 5.91 Å². The quantitative estimate of drug-likeness (QED) is 0.715. The molecule has 1 aliphatic heterocycles. The molecule has 1 fully saturated rings. The van der Waals surface area contributed by atoms with E-state index in [1.807, 2.05) is 6.92 Å². The zero-order valence-electron chi connectivity index (χ0n) is 9.92. The van der Waals surface area contributed by atoms with Gasteiger partial charge in [-0.2, -0.15) is 5.10 Å². The van der Waals surface area contributed by atoms with Crippen molar-refractivity contribution in [2.45, 2.75) is 19.9 Å². The minimum absolute atomic E-state index is 0.0592. The summed E-state index contributed by atoms with van der Waals surface area (Å²) in [6.45, 7) is 3.10. The maximum absolute atomic E-state index is 11.8. The van der Waals surface area contributed by atoms with Gasteiger partial charge in [0.1, 0.15) is 0 Å². The fourth-order valence-electron chi connectivity index (χ4n) is 1.95. The molecule has 1 atom stereocenters. The molecule has 0 bridgehead atoms. The van der Waals surface area contributed by atoms with Gasteiger partial charge in [-0.1, -0.05) is 0 Å². The minimum atomic E-state index is -0.363. The van der Waals surface area contributed by atoms with Crippen LogP contribution in [0, 0.1) is 5.92 Å². The molecular weight excluding hydrogens is 222 g/mol. The second-order valence-electron chi connectivity index (χ2n) is 3.98. The summed E-state index contributed by atoms with van der Waals surface area (Å²) in [6.07, 6.45) is 3.66. The van der Waals surface area contributed by atoms with Gasteiger partial charge in [-0.25, -0.2) is 0 Å². The zero-order valence-corrected chi connectivity index (χ0v) is 9.92. The lowest BCUT2D eigenvalue weighted by Gasteiger charge is -2.13. The topological polar surface area (TPSA) is 64.4 Å². The van der Waals surface area contributed by atoms with Crippen LogP contribution >= 0.6 is 0 Å². The summed E-state index contributed by atoms with van der Waals surface area (Å²) in [7, 11) is 1.34. The third-order valence-corrected chi connectivity index (χ3v) is 2.91. The fourth-order valence-corrected chi connectivity index (χ4v) is 1.95. The molecule has 1 aliphatic rings. The van der Waals surface area contributed by atoms with Crippen molar-refractivity contribution in [2.24, 2.45) is 5.92 Å². The van der Waals surface area contributed by atoms with Gasteiger partial charge in [0.15, 0.2) is 0 Å². The monoisotopic (exact) mass is 237 g/mol. The summed E-state index contributed by atoms with van der Waals surface area (Å²) >= 11 is 0. The molecule has 92 valence electrons. The number of esters is 1. The molecule has 0 radical (unpaired) electrons. The molecule has 1 aromatic heterocycles. The van der Waals surface area contributed by atoms with E-state index in [2.05, 4.69) is 9.84 Å². The molecule has 1 unspecified atom stereocenters. The van der Waals surface area contributed by atoms with Crippen molar-refractivity contribution in [1.82, 2.24) is 9.78 Å². The summed E-state index contributed by atoms with van der Waals surface area (Å²) in [5, 5.41) is 4.11. The zero-order chi connectivity index (χ0) is 12.4. The van der Waals surface area contributed by atoms with Crippen molar-refractivity contribution in [3.8, 4) is 0 Å². The molecule has 1 aromatic rings. The molecule has 0 aromatic carbocycles. The van der Waals surface area contributed by atoms with Gasteiger partial charge in [-0.05, 0) is 6.92 Å². The van der Waals surface area contributed by atoms with Gasteiger partial charge in [0.05, 0.1) is 24.9 Å². The first-order valence-electron chi connectivity index (χ1n) is 5.56. The van der Waals surface area contributed by atoms with Crippen LogP contribution in [0.5, 0.6) is 0 Å². The van der Waals surface area contributed by atoms with Gasteiger partial charge < -0.3 is 9.64 Å². The summed E-state index contributed by atoms with van der Waals surface area (Å²) < 4.78 is 6.40. The van der Waals surface area contributed by atoms with Crippen molar-refractivity contribution in [3.05, 3.63) is 12.4 Å². The minimum Gasteiger partial charge on any atom is -0.469 e. The number of hydrogen-bond donors (Lipinski definition) is 0. The lowest BCUT2D eigenvalue weighted by Crippen LogP contribution is -2.25. The number of ether oxygens (including phenoxy) is 1. The molecular formula is C11H15N3O3. The van der Waals surface area contributed by atoms with Crippen LogP contribution in [0.25, 0.3) is 0 Å². The average molecular weight is 237 g/mol. The Morgan fingerprint density at radius 3 is 3.00 bits per heavy atom. The van der Waals surface area contributed by atoms with Gasteiger partial charge in [0, 0.05) is 25.7 Å². The highest BCUT2D eigenvalue weighted by atomic mass is 16.5. The van der Waals surface area contributed by atoms with Crippen LogP contribution in [-0.4, -0.2) is 35.3 Å². The summed E-state index contributed by atoms with van der Waals surface area (Å²) in [5.74, 6) is -0.753. The number of methoxy groups -OCH3 is 1. The number of aryl methyl sites for hydroxylation is 1. The third-order valence-electron chi connectivity index (χ3n) is 2.91. The first-order chi connectivity index (χ1) is 8.15. The number of carbonyl (C=O) groups is 2. The van der Waals surface area contributed by atoms with E-state index in [-0.39, 0.29) is 24.2 Å². The standard InChI is InChI=1S/C11H15N3O3/c1-3-13-7-9(5-12-13)14-6-8(4-10(14)15)11(16)17-2/h5,7-8H,3-4,6H2,1-2H3. The van der Waals surface area contributed by atoms with E-state index in [1.165, 1.54) is 7.11 Å². The fraction of sp³-hybridized carbons (Fsp3) is 0.545. The van der Waals surface area contributed by atoms with Crippen LogP contribution in [0.2, 0.25) is 0 Å². The van der Waals surface area contributed by atoms with E-state index in [4.69, 9.17) is 0 Å². The molecule has 6 heteroatoms. The third kappa shape index (κ3) is 2.15. The normalized spacial score (nSPS) is 19.8. The Bertz CT molecular complexity index is 441. The maximum Gasteiger partial charge on any atom is 0.311 e. The Hall–Kier alpha value is -1.85. The first kappa shape index (κ1) is 11.6. The van der Waals surface area contributed by atoms with Gasteiger partial charge in [-0.15, -0.1) is 0 Å². The largest absolute Gasteiger partial charge is 0.469 e. The van der Waals surface area contributed by atoms with E-state index in [1.54, 1.807) is 22.0 Å². The average Bonchev–Trinajstić information content (AvgIpc) is 2.93. The highest BCUT2D eigenvalue weighted by Gasteiger charge is 2.36. The van der Waals surface area contributed by atoms with E-state index in [9.17, 15) is 9.59 Å². The predicted octanol–water partition coefficient (Wildman–Crippen LogP) is 0.429. The van der Waals surface area contributed by atoms with Crippen molar-refractivity contribution < 1.29 is 14.3 Å². The Morgan fingerprint density at radius 2 is 2.41 bits per heavy atom. The Morgan fingerprint density at radius 1 is 1.65 bits per heavy atom. The molecule has 0 aliphatic carbocycles. The Labute approximate surface area is 99.1 Å². The number of anilines is 1. The van der Waals surface area contributed by atoms with E-state index in [0.717, 1.165) is 12.2 Å². The Kier molecular flexibility index (Phi) is 3.12. The molecule has 6 nitrogen and oxygen atoms in total. The maximum atomic E-state index is 11.8. The number of carbonyl (C=O) groups excluding carboxylic acids is 2. The predicted molar refractivity (Wildman–Crippen MR) is 60.4 cm³/mol. The number of nitrogens with zero attached hydrogens (tertiary/aromatic N) is 3. The summed E-state index contributed by atoms with van der Waals surface area (Å²) in [5.41, 5.74) is 0.739. The first-order valence-corrected chi connectivity index (χ1v) is 5.56. The second kappa shape index (κ2) is 4.57. The van der Waals surface area contributed by atoms with E-state index in [0.29, 0.717) is 6.54 Å². The highest BCUT2D eigenvalue weighted by molar-refractivity contribution is 5.99. The lowest BCUT2D eigenvalue weighted by molar-refractivity contribution is -0.145. The van der Waals surface area contributed by atoms with Crippen molar-refractivity contribution in [3.63, 3.8) is 0 Å². The summed E-state index contributed by atoms with van der Waals surface area (Å²) in [6, 6.07) is 0. The van der Waals surface area contributed by atoms with Crippen LogP contribution in [0.4, 0.5) is 5.69 Å². The van der Waals surface area contributed by atoms with Crippen LogP contribution in [-0.2, 0) is 20.9 Å². The van der Waals surface area contributed by atoms with Gasteiger partial charge in [0.25, 0.3) is 0 Å². The number of aromatic nitrogens is 2. The van der Waals surface area contributed by atoms with Gasteiger partial charge in [-0.3, -0.25) is 14.3 Å². The van der Waals surface area contributed by atoms with Crippen LogP contribution < -0.4 is 4.90 Å². The smallest absolute Gasteiger partial charge is 0.311 e. The Balaban J connectivity index is 2.12. The number of amides is 1. The van der Waals surface area contributed by atoms with E-state index < -0.39 is 0 Å². The number of rotatable bonds is 3. The molecule has 1 saturated heterocycles. The number of hydrogen-bond acceptors (Lipinski definition) is 4. The molecule has 17 heavy (non-hydrogen) atoms. The SMILES string of the molecule is CCn1cc(N2CC(C(=O)OC)CC2=O)cn1. The van der Waals surface area contributed by atoms with Crippen molar-refractivity contribution in [1.29, 1.82) is 0 Å². The van der Waals surface area contributed by atoms with Crippen molar-refractivity contribution >= 4 is 17.6 Å². The van der Waals surface area contributed by atoms with Crippen LogP contribution in [0.3, 0.4) is 0 Å². The lowest BCUT2D eigenvalue weighted by atomic mass is 10.1.